The molecule has 2 fully saturated rings. The molecule has 0 saturated carbocycles. The summed E-state index contributed by atoms with van der Waals surface area (Å²) in [6.07, 6.45) is 0. The standard InChI is InChI=1S/C19H24N2O4S/c1-14-3-5-16(25-14)9-20-7-8-23-13-19(11-20)12-21(17(22)10-24-19)18-6-4-15(2)26-18/h3-6H,7-13H2,1-2H3/t19-/m1/s1. The van der Waals surface area contributed by atoms with Crippen LogP contribution in [0.25, 0.3) is 0 Å². The van der Waals surface area contributed by atoms with E-state index < -0.39 is 5.60 Å². The molecule has 0 radical (unpaired) electrons. The maximum atomic E-state index is 12.4. The van der Waals surface area contributed by atoms with E-state index in [-0.39, 0.29) is 12.5 Å². The van der Waals surface area contributed by atoms with Crippen LogP contribution in [0.1, 0.15) is 16.4 Å². The van der Waals surface area contributed by atoms with Crippen LogP contribution in [0.15, 0.2) is 28.7 Å². The lowest BCUT2D eigenvalue weighted by Gasteiger charge is -2.42. The lowest BCUT2D eigenvalue weighted by molar-refractivity contribution is -0.146. The zero-order valence-corrected chi connectivity index (χ0v) is 16.0. The third kappa shape index (κ3) is 3.71. The van der Waals surface area contributed by atoms with Crippen molar-refractivity contribution in [3.63, 3.8) is 0 Å². The SMILES string of the molecule is Cc1ccc(CN2CCOC[C@@]3(C2)CN(c2ccc(C)s2)C(=O)CO3)o1. The number of carbonyl (C=O) groups excluding carboxylic acids is 1. The molecule has 2 aromatic rings. The third-order valence-corrected chi connectivity index (χ3v) is 5.87. The third-order valence-electron chi connectivity index (χ3n) is 4.85. The van der Waals surface area contributed by atoms with Crippen molar-refractivity contribution in [3.8, 4) is 0 Å². The molecule has 2 aliphatic heterocycles. The minimum Gasteiger partial charge on any atom is -0.465 e. The number of ether oxygens (including phenoxy) is 2. The van der Waals surface area contributed by atoms with Crippen LogP contribution in [-0.4, -0.2) is 55.9 Å². The van der Waals surface area contributed by atoms with Gasteiger partial charge in [0.25, 0.3) is 5.91 Å². The Hall–Kier alpha value is -1.67. The minimum absolute atomic E-state index is 0.00920. The van der Waals surface area contributed by atoms with E-state index in [1.165, 1.54) is 4.88 Å². The van der Waals surface area contributed by atoms with Crippen LogP contribution in [0.4, 0.5) is 5.00 Å². The summed E-state index contributed by atoms with van der Waals surface area (Å²) in [5, 5.41) is 0.979. The number of hydrogen-bond donors (Lipinski definition) is 0. The Morgan fingerprint density at radius 3 is 2.81 bits per heavy atom. The van der Waals surface area contributed by atoms with Gasteiger partial charge in [-0.15, -0.1) is 11.3 Å². The summed E-state index contributed by atoms with van der Waals surface area (Å²) in [7, 11) is 0. The number of hydrogen-bond acceptors (Lipinski definition) is 6. The van der Waals surface area contributed by atoms with Crippen molar-refractivity contribution < 1.29 is 18.7 Å². The molecule has 6 nitrogen and oxygen atoms in total. The van der Waals surface area contributed by atoms with E-state index in [1.54, 1.807) is 11.3 Å². The Kier molecular flexibility index (Phi) is 4.88. The Morgan fingerprint density at radius 1 is 1.19 bits per heavy atom. The van der Waals surface area contributed by atoms with Gasteiger partial charge in [0.2, 0.25) is 0 Å². The Bertz CT molecular complexity index is 786. The lowest BCUT2D eigenvalue weighted by atomic mass is 10.0. The Labute approximate surface area is 157 Å². The number of thiophene rings is 1. The van der Waals surface area contributed by atoms with Crippen molar-refractivity contribution in [1.82, 2.24) is 4.90 Å². The predicted molar refractivity (Wildman–Crippen MR) is 99.6 cm³/mol. The molecule has 0 unspecified atom stereocenters. The summed E-state index contributed by atoms with van der Waals surface area (Å²) in [4.78, 5) is 17.8. The summed E-state index contributed by atoms with van der Waals surface area (Å²) in [6, 6.07) is 8.05. The molecule has 1 spiro atoms. The van der Waals surface area contributed by atoms with E-state index in [2.05, 4.69) is 11.8 Å². The summed E-state index contributed by atoms with van der Waals surface area (Å²) in [5.41, 5.74) is -0.510. The first kappa shape index (κ1) is 17.7. The summed E-state index contributed by atoms with van der Waals surface area (Å²) >= 11 is 1.64. The second kappa shape index (κ2) is 7.15. The number of anilines is 1. The Balaban J connectivity index is 1.52. The van der Waals surface area contributed by atoms with Crippen LogP contribution in [0.3, 0.4) is 0 Å². The lowest BCUT2D eigenvalue weighted by Crippen LogP contribution is -2.60. The van der Waals surface area contributed by atoms with Crippen LogP contribution >= 0.6 is 11.3 Å². The average Bonchev–Trinajstić information content (AvgIpc) is 3.16. The highest BCUT2D eigenvalue weighted by Gasteiger charge is 2.43. The molecular formula is C19H24N2O4S. The molecule has 7 heteroatoms. The fourth-order valence-electron chi connectivity index (χ4n) is 3.57. The quantitative estimate of drug-likeness (QED) is 0.824. The number of morpholine rings is 1. The van der Waals surface area contributed by atoms with E-state index in [0.29, 0.717) is 32.8 Å². The number of nitrogens with zero attached hydrogens (tertiary/aromatic N) is 2. The molecule has 2 saturated heterocycles. The maximum absolute atomic E-state index is 12.4. The van der Waals surface area contributed by atoms with Gasteiger partial charge in [0.1, 0.15) is 23.7 Å². The molecule has 4 heterocycles. The van der Waals surface area contributed by atoms with Gasteiger partial charge in [0.05, 0.1) is 31.3 Å². The molecule has 0 N–H and O–H groups in total. The fraction of sp³-hybridized carbons (Fsp3) is 0.526. The van der Waals surface area contributed by atoms with Crippen LogP contribution in [0, 0.1) is 13.8 Å². The minimum atomic E-state index is -0.510. The summed E-state index contributed by atoms with van der Waals surface area (Å²) in [5.74, 6) is 1.87. The highest BCUT2D eigenvalue weighted by molar-refractivity contribution is 7.16. The smallest absolute Gasteiger partial charge is 0.253 e. The Morgan fingerprint density at radius 2 is 2.08 bits per heavy atom. The highest BCUT2D eigenvalue weighted by Crippen LogP contribution is 2.32. The van der Waals surface area contributed by atoms with Gasteiger partial charge in [-0.05, 0) is 38.1 Å². The fourth-order valence-corrected chi connectivity index (χ4v) is 4.45. The van der Waals surface area contributed by atoms with Crippen LogP contribution in [-0.2, 0) is 20.8 Å². The van der Waals surface area contributed by atoms with Crippen LogP contribution < -0.4 is 4.90 Å². The van der Waals surface area contributed by atoms with Gasteiger partial charge in [0.15, 0.2) is 0 Å². The van der Waals surface area contributed by atoms with Crippen molar-refractivity contribution in [2.75, 3.05) is 44.4 Å². The molecule has 1 amide bonds. The van der Waals surface area contributed by atoms with Gasteiger partial charge >= 0.3 is 0 Å². The number of carbonyl (C=O) groups is 1. The number of furan rings is 1. The summed E-state index contributed by atoms with van der Waals surface area (Å²) < 4.78 is 17.6. The molecule has 0 bridgehead atoms. The molecule has 2 aromatic heterocycles. The van der Waals surface area contributed by atoms with E-state index in [0.717, 1.165) is 23.1 Å². The zero-order valence-electron chi connectivity index (χ0n) is 15.2. The molecule has 26 heavy (non-hydrogen) atoms. The van der Waals surface area contributed by atoms with Crippen molar-refractivity contribution in [2.24, 2.45) is 0 Å². The number of aryl methyl sites for hydroxylation is 2. The van der Waals surface area contributed by atoms with E-state index in [4.69, 9.17) is 13.9 Å². The molecule has 2 aliphatic rings. The van der Waals surface area contributed by atoms with Gasteiger partial charge in [-0.3, -0.25) is 14.6 Å². The number of rotatable bonds is 3. The van der Waals surface area contributed by atoms with Gasteiger partial charge in [-0.25, -0.2) is 0 Å². The number of amides is 1. The van der Waals surface area contributed by atoms with E-state index in [1.807, 2.05) is 36.1 Å². The zero-order chi connectivity index (χ0) is 18.1. The molecule has 4 rings (SSSR count). The van der Waals surface area contributed by atoms with Crippen LogP contribution in [0.5, 0.6) is 0 Å². The van der Waals surface area contributed by atoms with Crippen LogP contribution in [0.2, 0.25) is 0 Å². The highest BCUT2D eigenvalue weighted by atomic mass is 32.1. The van der Waals surface area contributed by atoms with Gasteiger partial charge < -0.3 is 13.9 Å². The topological polar surface area (TPSA) is 55.2 Å². The largest absolute Gasteiger partial charge is 0.465 e. The molecule has 140 valence electrons. The predicted octanol–water partition coefficient (Wildman–Crippen LogP) is 2.59. The molecule has 1 atom stereocenters. The average molecular weight is 376 g/mol. The van der Waals surface area contributed by atoms with Crippen molar-refractivity contribution in [3.05, 3.63) is 40.7 Å². The first-order valence-corrected chi connectivity index (χ1v) is 9.71. The monoisotopic (exact) mass is 376 g/mol. The maximum Gasteiger partial charge on any atom is 0.253 e. The van der Waals surface area contributed by atoms with E-state index in [9.17, 15) is 4.79 Å². The second-order valence-corrected chi connectivity index (χ2v) is 8.38. The first-order valence-electron chi connectivity index (χ1n) is 8.89. The van der Waals surface area contributed by atoms with Gasteiger partial charge in [-0.1, -0.05) is 0 Å². The van der Waals surface area contributed by atoms with Crippen molar-refractivity contribution in [1.29, 1.82) is 0 Å². The first-order chi connectivity index (χ1) is 12.5. The van der Waals surface area contributed by atoms with Gasteiger partial charge in [0, 0.05) is 18.0 Å². The van der Waals surface area contributed by atoms with E-state index >= 15 is 0 Å². The molecule has 0 aromatic carbocycles. The second-order valence-electron chi connectivity index (χ2n) is 7.11. The van der Waals surface area contributed by atoms with Crippen molar-refractivity contribution in [2.45, 2.75) is 26.0 Å². The van der Waals surface area contributed by atoms with Gasteiger partial charge in [-0.2, -0.15) is 0 Å². The normalized spacial score (nSPS) is 25.0. The molecular weight excluding hydrogens is 352 g/mol. The van der Waals surface area contributed by atoms with Crippen molar-refractivity contribution >= 4 is 22.2 Å². The molecule has 0 aliphatic carbocycles. The summed E-state index contributed by atoms with van der Waals surface area (Å²) in [6.45, 7) is 8.00.